The highest BCUT2D eigenvalue weighted by atomic mass is 35.5. The van der Waals surface area contributed by atoms with Gasteiger partial charge in [0.25, 0.3) is 0 Å². The predicted octanol–water partition coefficient (Wildman–Crippen LogP) is 1.90. The first-order chi connectivity index (χ1) is 5.16. The van der Waals surface area contributed by atoms with Crippen molar-refractivity contribution in [2.24, 2.45) is 16.6 Å². The third-order valence-corrected chi connectivity index (χ3v) is 2.48. The molecule has 0 aliphatic heterocycles. The molecule has 0 unspecified atom stereocenters. The van der Waals surface area contributed by atoms with Gasteiger partial charge in [-0.1, -0.05) is 18.5 Å². The van der Waals surface area contributed by atoms with Gasteiger partial charge in [-0.3, -0.25) is 4.99 Å². The van der Waals surface area contributed by atoms with Gasteiger partial charge in [-0.15, -0.1) is 0 Å². The number of nitrogens with two attached hydrogens (primary N) is 1. The lowest BCUT2D eigenvalue weighted by Gasteiger charge is -2.06. The maximum absolute atomic E-state index is 5.87. The van der Waals surface area contributed by atoms with Crippen LogP contribution in [0.3, 0.4) is 0 Å². The van der Waals surface area contributed by atoms with E-state index >= 15 is 0 Å². The van der Waals surface area contributed by atoms with Crippen molar-refractivity contribution in [3.05, 3.63) is 11.3 Å². The topological polar surface area (TPSA) is 38.4 Å². The zero-order chi connectivity index (χ0) is 8.43. The molecule has 0 spiro atoms. The number of nitrogens with zero attached hydrogens (tertiary/aromatic N) is 1. The third-order valence-electron chi connectivity index (χ3n) is 2.10. The first-order valence-electron chi connectivity index (χ1n) is 3.78. The van der Waals surface area contributed by atoms with Crippen LogP contribution in [0.5, 0.6) is 0 Å². The minimum atomic E-state index is 0.478. The molecule has 1 aliphatic carbocycles. The summed E-state index contributed by atoms with van der Waals surface area (Å²) >= 11 is 5.87. The van der Waals surface area contributed by atoms with E-state index in [0.29, 0.717) is 11.1 Å². The van der Waals surface area contributed by atoms with Gasteiger partial charge in [0.05, 0.1) is 0 Å². The average molecular weight is 173 g/mol. The molecule has 11 heavy (non-hydrogen) atoms. The van der Waals surface area contributed by atoms with Gasteiger partial charge in [0, 0.05) is 18.3 Å². The van der Waals surface area contributed by atoms with Gasteiger partial charge >= 0.3 is 0 Å². The zero-order valence-electron chi connectivity index (χ0n) is 6.89. The van der Waals surface area contributed by atoms with Crippen molar-refractivity contribution < 1.29 is 0 Å². The van der Waals surface area contributed by atoms with Crippen LogP contribution in [0.1, 0.15) is 19.8 Å². The van der Waals surface area contributed by atoms with Crippen LogP contribution in [0.25, 0.3) is 0 Å². The van der Waals surface area contributed by atoms with Crippen molar-refractivity contribution in [2.45, 2.75) is 19.8 Å². The van der Waals surface area contributed by atoms with Crippen LogP contribution < -0.4 is 5.73 Å². The quantitative estimate of drug-likeness (QED) is 0.603. The molecule has 0 aromatic rings. The molecule has 0 amide bonds. The number of hydrogen-bond acceptors (Lipinski definition) is 2. The van der Waals surface area contributed by atoms with Gasteiger partial charge in [0.15, 0.2) is 0 Å². The summed E-state index contributed by atoms with van der Waals surface area (Å²) in [6, 6.07) is 0. The SMILES string of the molecule is CN=C(Cl)C1=C(N)CC[C@H]1C. The van der Waals surface area contributed by atoms with Crippen molar-refractivity contribution in [1.29, 1.82) is 0 Å². The Morgan fingerprint density at radius 3 is 2.73 bits per heavy atom. The average Bonchev–Trinajstić information content (AvgIpc) is 2.30. The molecule has 1 atom stereocenters. The Morgan fingerprint density at radius 2 is 2.36 bits per heavy atom. The van der Waals surface area contributed by atoms with Gasteiger partial charge in [0.1, 0.15) is 5.17 Å². The Labute approximate surface area is 72.1 Å². The Balaban J connectivity index is 2.92. The van der Waals surface area contributed by atoms with E-state index < -0.39 is 0 Å². The summed E-state index contributed by atoms with van der Waals surface area (Å²) in [5, 5.41) is 0.576. The largest absolute Gasteiger partial charge is 0.402 e. The molecule has 0 fully saturated rings. The van der Waals surface area contributed by atoms with Crippen LogP contribution >= 0.6 is 11.6 Å². The van der Waals surface area contributed by atoms with Crippen molar-refractivity contribution in [3.63, 3.8) is 0 Å². The monoisotopic (exact) mass is 172 g/mol. The Hall–Kier alpha value is -0.500. The molecule has 0 aromatic carbocycles. The van der Waals surface area contributed by atoms with Crippen LogP contribution in [0.4, 0.5) is 0 Å². The molecule has 2 nitrogen and oxygen atoms in total. The van der Waals surface area contributed by atoms with Crippen LogP contribution in [-0.2, 0) is 0 Å². The van der Waals surface area contributed by atoms with Gasteiger partial charge in [-0.05, 0) is 18.8 Å². The van der Waals surface area contributed by atoms with Crippen molar-refractivity contribution in [2.75, 3.05) is 7.05 Å². The molecular weight excluding hydrogens is 160 g/mol. The van der Waals surface area contributed by atoms with Gasteiger partial charge in [0.2, 0.25) is 0 Å². The predicted molar refractivity (Wildman–Crippen MR) is 48.8 cm³/mol. The second kappa shape index (κ2) is 3.26. The lowest BCUT2D eigenvalue weighted by atomic mass is 10.1. The lowest BCUT2D eigenvalue weighted by Crippen LogP contribution is -2.05. The van der Waals surface area contributed by atoms with Crippen molar-refractivity contribution in [3.8, 4) is 0 Å². The van der Waals surface area contributed by atoms with Crippen LogP contribution in [0, 0.1) is 5.92 Å². The van der Waals surface area contributed by atoms with E-state index in [4.69, 9.17) is 17.3 Å². The number of allylic oxidation sites excluding steroid dienone is 2. The molecule has 1 rings (SSSR count). The molecule has 0 radical (unpaired) electrons. The van der Waals surface area contributed by atoms with Crippen molar-refractivity contribution >= 4 is 16.8 Å². The summed E-state index contributed by atoms with van der Waals surface area (Å²) in [6.45, 7) is 2.13. The summed E-state index contributed by atoms with van der Waals surface area (Å²) < 4.78 is 0. The number of aliphatic imine (C=N–C) groups is 1. The van der Waals surface area contributed by atoms with Gasteiger partial charge < -0.3 is 5.73 Å². The van der Waals surface area contributed by atoms with Crippen molar-refractivity contribution in [1.82, 2.24) is 0 Å². The normalized spacial score (nSPS) is 26.5. The highest BCUT2D eigenvalue weighted by Crippen LogP contribution is 2.30. The zero-order valence-corrected chi connectivity index (χ0v) is 7.65. The number of rotatable bonds is 1. The number of hydrogen-bond donors (Lipinski definition) is 1. The number of halogens is 1. The molecule has 0 heterocycles. The molecule has 0 bridgehead atoms. The minimum absolute atomic E-state index is 0.478. The van der Waals surface area contributed by atoms with E-state index in [-0.39, 0.29) is 0 Å². The summed E-state index contributed by atoms with van der Waals surface area (Å²) in [4.78, 5) is 3.92. The fraction of sp³-hybridized carbons (Fsp3) is 0.625. The summed E-state index contributed by atoms with van der Waals surface area (Å²) in [6.07, 6.45) is 2.06. The third kappa shape index (κ3) is 1.56. The van der Waals surface area contributed by atoms with Crippen LogP contribution in [0.15, 0.2) is 16.3 Å². The van der Waals surface area contributed by atoms with E-state index in [2.05, 4.69) is 11.9 Å². The van der Waals surface area contributed by atoms with E-state index in [0.717, 1.165) is 24.1 Å². The maximum Gasteiger partial charge on any atom is 0.128 e. The fourth-order valence-corrected chi connectivity index (χ4v) is 1.73. The second-order valence-corrected chi connectivity index (χ2v) is 3.25. The molecule has 2 N–H and O–H groups in total. The molecule has 3 heteroatoms. The van der Waals surface area contributed by atoms with Gasteiger partial charge in [-0.25, -0.2) is 0 Å². The van der Waals surface area contributed by atoms with E-state index in [9.17, 15) is 0 Å². The summed E-state index contributed by atoms with van der Waals surface area (Å²) in [7, 11) is 1.69. The molecule has 0 saturated heterocycles. The lowest BCUT2D eigenvalue weighted by molar-refractivity contribution is 0.685. The fourth-order valence-electron chi connectivity index (χ4n) is 1.42. The molecule has 62 valence electrons. The first-order valence-corrected chi connectivity index (χ1v) is 4.15. The summed E-state index contributed by atoms with van der Waals surface area (Å²) in [5.41, 5.74) is 7.72. The first kappa shape index (κ1) is 8.60. The molecule has 0 aromatic heterocycles. The highest BCUT2D eigenvalue weighted by molar-refractivity contribution is 6.69. The van der Waals surface area contributed by atoms with Crippen LogP contribution in [0.2, 0.25) is 0 Å². The highest BCUT2D eigenvalue weighted by Gasteiger charge is 2.22. The Bertz CT molecular complexity index is 218. The van der Waals surface area contributed by atoms with E-state index in [1.807, 2.05) is 0 Å². The van der Waals surface area contributed by atoms with Gasteiger partial charge in [-0.2, -0.15) is 0 Å². The smallest absolute Gasteiger partial charge is 0.128 e. The Morgan fingerprint density at radius 1 is 1.73 bits per heavy atom. The molecular formula is C8H13ClN2. The van der Waals surface area contributed by atoms with E-state index in [1.54, 1.807) is 7.05 Å². The Kier molecular flexibility index (Phi) is 2.55. The van der Waals surface area contributed by atoms with Crippen LogP contribution in [-0.4, -0.2) is 12.2 Å². The molecule has 0 saturated carbocycles. The minimum Gasteiger partial charge on any atom is -0.402 e. The summed E-state index contributed by atoms with van der Waals surface area (Å²) in [5.74, 6) is 0.478. The second-order valence-electron chi connectivity index (χ2n) is 2.89. The standard InChI is InChI=1S/C8H13ClN2/c1-5-3-4-6(10)7(5)8(9)11-2/h5H,3-4,10H2,1-2H3/t5-/m1/s1. The van der Waals surface area contributed by atoms with E-state index in [1.165, 1.54) is 0 Å². The molecule has 1 aliphatic rings. The maximum atomic E-state index is 5.87.